The van der Waals surface area contributed by atoms with Gasteiger partial charge in [0.2, 0.25) is 11.8 Å². The normalized spacial score (nSPS) is 51.7. The highest BCUT2D eigenvalue weighted by atomic mass is 16.6. The van der Waals surface area contributed by atoms with Crippen molar-refractivity contribution >= 4 is 11.8 Å². The number of hydrogen-bond donors (Lipinski definition) is 0. The molecule has 2 aliphatic heterocycles. The summed E-state index contributed by atoms with van der Waals surface area (Å²) in [5, 5.41) is 0. The molecule has 5 aliphatic rings. The Labute approximate surface area is 112 Å². The molecule has 0 spiro atoms. The molecule has 0 radical (unpaired) electrons. The quantitative estimate of drug-likeness (QED) is 0.528. The fraction of sp³-hybridized carbons (Fsp3) is 0.867. The minimum Gasteiger partial charge on any atom is -0.369 e. The first-order chi connectivity index (χ1) is 9.27. The van der Waals surface area contributed by atoms with E-state index in [-0.39, 0.29) is 29.7 Å². The fourth-order valence-corrected chi connectivity index (χ4v) is 5.44. The first-order valence-electron chi connectivity index (χ1n) is 7.80. The molecule has 102 valence electrons. The van der Waals surface area contributed by atoms with Crippen LogP contribution in [0.2, 0.25) is 0 Å². The molecule has 2 saturated heterocycles. The maximum absolute atomic E-state index is 12.7. The molecule has 19 heavy (non-hydrogen) atoms. The number of epoxide rings is 1. The van der Waals surface area contributed by atoms with Crippen molar-refractivity contribution < 1.29 is 14.3 Å². The SMILES string of the molecule is O=C1[C@@H]2[C@H]3C[C@H]([C@@H]4O[C@H]34)[C@@H]2C(=O)N1C1CCCCC1. The van der Waals surface area contributed by atoms with Gasteiger partial charge in [0.1, 0.15) is 0 Å². The van der Waals surface area contributed by atoms with Crippen LogP contribution < -0.4 is 0 Å². The predicted molar refractivity (Wildman–Crippen MR) is 66.0 cm³/mol. The average molecular weight is 261 g/mol. The van der Waals surface area contributed by atoms with E-state index in [2.05, 4.69) is 0 Å². The third kappa shape index (κ3) is 1.20. The van der Waals surface area contributed by atoms with Gasteiger partial charge in [0.05, 0.1) is 24.0 Å². The lowest BCUT2D eigenvalue weighted by atomic mass is 9.81. The van der Waals surface area contributed by atoms with Gasteiger partial charge >= 0.3 is 0 Å². The molecule has 4 nitrogen and oxygen atoms in total. The molecule has 0 aromatic rings. The molecule has 5 fully saturated rings. The number of rotatable bonds is 1. The number of fused-ring (bicyclic) bond motifs is 8. The number of amides is 2. The molecule has 4 heteroatoms. The van der Waals surface area contributed by atoms with E-state index in [1.54, 1.807) is 4.90 Å². The highest BCUT2D eigenvalue weighted by molar-refractivity contribution is 6.06. The maximum atomic E-state index is 12.7. The minimum absolute atomic E-state index is 0.0248. The fourth-order valence-electron chi connectivity index (χ4n) is 5.44. The van der Waals surface area contributed by atoms with E-state index in [0.29, 0.717) is 24.0 Å². The van der Waals surface area contributed by atoms with Crippen molar-refractivity contribution in [3.8, 4) is 0 Å². The van der Waals surface area contributed by atoms with Crippen LogP contribution in [0, 0.1) is 23.7 Å². The Kier molecular flexibility index (Phi) is 1.94. The Morgan fingerprint density at radius 2 is 1.47 bits per heavy atom. The topological polar surface area (TPSA) is 49.9 Å². The highest BCUT2D eigenvalue weighted by Gasteiger charge is 2.73. The third-order valence-corrected chi connectivity index (χ3v) is 6.24. The summed E-state index contributed by atoms with van der Waals surface area (Å²) in [5.74, 6) is 0.938. The number of ether oxygens (including phenoxy) is 1. The van der Waals surface area contributed by atoms with Gasteiger partial charge < -0.3 is 4.74 Å². The van der Waals surface area contributed by atoms with E-state index >= 15 is 0 Å². The van der Waals surface area contributed by atoms with E-state index in [9.17, 15) is 9.59 Å². The van der Waals surface area contributed by atoms with E-state index in [1.165, 1.54) is 6.42 Å². The summed E-state index contributed by atoms with van der Waals surface area (Å²) in [7, 11) is 0. The van der Waals surface area contributed by atoms with Crippen LogP contribution in [0.4, 0.5) is 0 Å². The van der Waals surface area contributed by atoms with Crippen LogP contribution in [-0.2, 0) is 14.3 Å². The molecule has 6 atom stereocenters. The molecule has 2 amide bonds. The highest BCUT2D eigenvalue weighted by Crippen LogP contribution is 2.64. The van der Waals surface area contributed by atoms with Gasteiger partial charge in [-0.2, -0.15) is 0 Å². The molecule has 2 bridgehead atoms. The largest absolute Gasteiger partial charge is 0.369 e. The van der Waals surface area contributed by atoms with Crippen molar-refractivity contribution in [3.05, 3.63) is 0 Å². The van der Waals surface area contributed by atoms with Crippen molar-refractivity contribution in [1.82, 2.24) is 4.90 Å². The van der Waals surface area contributed by atoms with Crippen molar-refractivity contribution in [2.24, 2.45) is 23.7 Å². The maximum Gasteiger partial charge on any atom is 0.233 e. The van der Waals surface area contributed by atoms with Crippen LogP contribution in [0.25, 0.3) is 0 Å². The Bertz CT molecular complexity index is 438. The Balaban J connectivity index is 1.47. The second-order valence-electron chi connectivity index (χ2n) is 7.02. The van der Waals surface area contributed by atoms with Gasteiger partial charge in [-0.05, 0) is 19.3 Å². The second kappa shape index (κ2) is 3.40. The summed E-state index contributed by atoms with van der Waals surface area (Å²) in [6.45, 7) is 0. The lowest BCUT2D eigenvalue weighted by Gasteiger charge is -2.30. The first kappa shape index (κ1) is 10.8. The number of carbonyl (C=O) groups is 2. The number of nitrogens with zero attached hydrogens (tertiary/aromatic N) is 1. The van der Waals surface area contributed by atoms with E-state index < -0.39 is 0 Å². The Morgan fingerprint density at radius 3 is 2.05 bits per heavy atom. The Morgan fingerprint density at radius 1 is 0.895 bits per heavy atom. The average Bonchev–Trinajstić information content (AvgIpc) is 2.94. The lowest BCUT2D eigenvalue weighted by Crippen LogP contribution is -2.43. The number of carbonyl (C=O) groups excluding carboxylic acids is 2. The first-order valence-corrected chi connectivity index (χ1v) is 7.80. The summed E-state index contributed by atoms with van der Waals surface area (Å²) in [6.07, 6.45) is 7.31. The summed E-state index contributed by atoms with van der Waals surface area (Å²) < 4.78 is 5.63. The van der Waals surface area contributed by atoms with Crippen LogP contribution >= 0.6 is 0 Å². The molecule has 2 heterocycles. The summed E-state index contributed by atoms with van der Waals surface area (Å²) in [4.78, 5) is 27.1. The van der Waals surface area contributed by atoms with Crippen LogP contribution in [0.15, 0.2) is 0 Å². The van der Waals surface area contributed by atoms with Crippen molar-refractivity contribution in [3.63, 3.8) is 0 Å². The zero-order valence-electron chi connectivity index (χ0n) is 11.0. The van der Waals surface area contributed by atoms with Gasteiger partial charge in [0.25, 0.3) is 0 Å². The van der Waals surface area contributed by atoms with E-state index in [4.69, 9.17) is 4.74 Å². The van der Waals surface area contributed by atoms with Gasteiger partial charge in [-0.1, -0.05) is 19.3 Å². The van der Waals surface area contributed by atoms with Gasteiger partial charge in [0, 0.05) is 17.9 Å². The predicted octanol–water partition coefficient (Wildman–Crippen LogP) is 1.34. The van der Waals surface area contributed by atoms with Crippen molar-refractivity contribution in [2.45, 2.75) is 56.8 Å². The molecule has 0 aromatic heterocycles. The monoisotopic (exact) mass is 261 g/mol. The molecular weight excluding hydrogens is 242 g/mol. The molecule has 5 rings (SSSR count). The molecule has 0 N–H and O–H groups in total. The van der Waals surface area contributed by atoms with Gasteiger partial charge in [-0.3, -0.25) is 14.5 Å². The summed E-state index contributed by atoms with van der Waals surface area (Å²) in [6, 6.07) is 0.205. The van der Waals surface area contributed by atoms with Gasteiger partial charge in [-0.15, -0.1) is 0 Å². The number of hydrogen-bond acceptors (Lipinski definition) is 3. The van der Waals surface area contributed by atoms with Crippen LogP contribution in [-0.4, -0.2) is 35.0 Å². The standard InChI is InChI=1S/C15H19NO3/c17-14-10-8-6-9(13-12(8)19-13)11(10)15(18)16(14)7-4-2-1-3-5-7/h7-13H,1-6H2/t8-,9+,10-,11+,12-,13+. The van der Waals surface area contributed by atoms with Crippen LogP contribution in [0.1, 0.15) is 38.5 Å². The summed E-state index contributed by atoms with van der Waals surface area (Å²) in [5.41, 5.74) is 0. The molecule has 0 aromatic carbocycles. The smallest absolute Gasteiger partial charge is 0.233 e. The molecular formula is C15H19NO3. The Hall–Kier alpha value is -0.900. The van der Waals surface area contributed by atoms with Gasteiger partial charge in [-0.25, -0.2) is 0 Å². The van der Waals surface area contributed by atoms with Crippen molar-refractivity contribution in [1.29, 1.82) is 0 Å². The zero-order valence-corrected chi connectivity index (χ0v) is 11.0. The van der Waals surface area contributed by atoms with E-state index in [1.807, 2.05) is 0 Å². The summed E-state index contributed by atoms with van der Waals surface area (Å²) >= 11 is 0. The molecule has 3 aliphatic carbocycles. The molecule has 0 unspecified atom stereocenters. The number of imide groups is 1. The van der Waals surface area contributed by atoms with Crippen LogP contribution in [0.5, 0.6) is 0 Å². The van der Waals surface area contributed by atoms with Crippen LogP contribution in [0.3, 0.4) is 0 Å². The minimum atomic E-state index is -0.0248. The third-order valence-electron chi connectivity index (χ3n) is 6.24. The lowest BCUT2D eigenvalue weighted by molar-refractivity contribution is -0.144. The van der Waals surface area contributed by atoms with Gasteiger partial charge in [0.15, 0.2) is 0 Å². The van der Waals surface area contributed by atoms with E-state index in [0.717, 1.165) is 32.1 Å². The second-order valence-corrected chi connectivity index (χ2v) is 7.02. The zero-order chi connectivity index (χ0) is 12.7. The number of likely N-dealkylation sites (tertiary alicyclic amines) is 1. The molecule has 3 saturated carbocycles. The van der Waals surface area contributed by atoms with Crippen molar-refractivity contribution in [2.75, 3.05) is 0 Å².